The van der Waals surface area contributed by atoms with E-state index in [1.165, 1.54) is 12.1 Å². The van der Waals surface area contributed by atoms with Crippen molar-refractivity contribution in [2.75, 3.05) is 45.9 Å². The molecule has 0 aliphatic carbocycles. The molecule has 134 valence electrons. The number of rotatable bonds is 5. The van der Waals surface area contributed by atoms with E-state index in [-0.39, 0.29) is 6.04 Å². The predicted octanol–water partition coefficient (Wildman–Crippen LogP) is 2.24. The lowest BCUT2D eigenvalue weighted by Gasteiger charge is -2.28. The molecule has 1 aromatic carbocycles. The van der Waals surface area contributed by atoms with Crippen LogP contribution in [0.3, 0.4) is 0 Å². The minimum Gasteiger partial charge on any atom is -0.379 e. The van der Waals surface area contributed by atoms with Gasteiger partial charge in [0.2, 0.25) is 0 Å². The van der Waals surface area contributed by atoms with Gasteiger partial charge in [-0.1, -0.05) is 6.07 Å². The number of ether oxygens (including phenoxy) is 1. The normalized spacial score (nSPS) is 22.8. The minimum atomic E-state index is -4.31. The SMILES string of the molecule is NCC1c2cc(C(F)(F)F)ccc2CN1CCCN1CCOCC1. The van der Waals surface area contributed by atoms with Crippen LogP contribution in [0.15, 0.2) is 18.2 Å². The Balaban J connectivity index is 1.61. The number of morpholine rings is 1. The lowest BCUT2D eigenvalue weighted by molar-refractivity contribution is -0.137. The summed E-state index contributed by atoms with van der Waals surface area (Å²) >= 11 is 0. The number of nitrogens with two attached hydrogens (primary N) is 1. The number of nitrogens with zero attached hydrogens (tertiary/aromatic N) is 2. The zero-order chi connectivity index (χ0) is 17.2. The van der Waals surface area contributed by atoms with Crippen LogP contribution in [0.1, 0.15) is 29.2 Å². The molecule has 0 bridgehead atoms. The number of alkyl halides is 3. The predicted molar refractivity (Wildman–Crippen MR) is 85.5 cm³/mol. The third-order valence-corrected chi connectivity index (χ3v) is 4.89. The Kier molecular flexibility index (Phi) is 5.44. The van der Waals surface area contributed by atoms with Gasteiger partial charge in [0.05, 0.1) is 18.8 Å². The van der Waals surface area contributed by atoms with Crippen LogP contribution < -0.4 is 5.73 Å². The smallest absolute Gasteiger partial charge is 0.379 e. The molecule has 1 saturated heterocycles. The van der Waals surface area contributed by atoms with Crippen LogP contribution in [-0.4, -0.2) is 55.7 Å². The molecule has 1 unspecified atom stereocenters. The lowest BCUT2D eigenvalue weighted by atomic mass is 10.0. The van der Waals surface area contributed by atoms with Crippen LogP contribution in [-0.2, 0) is 17.5 Å². The molecule has 24 heavy (non-hydrogen) atoms. The average Bonchev–Trinajstić information content (AvgIpc) is 2.91. The van der Waals surface area contributed by atoms with Crippen LogP contribution in [0.2, 0.25) is 0 Å². The van der Waals surface area contributed by atoms with Crippen LogP contribution >= 0.6 is 0 Å². The molecular formula is C17H24F3N3O. The summed E-state index contributed by atoms with van der Waals surface area (Å²) < 4.78 is 44.1. The van der Waals surface area contributed by atoms with Crippen molar-refractivity contribution in [1.29, 1.82) is 0 Å². The van der Waals surface area contributed by atoms with Crippen molar-refractivity contribution >= 4 is 0 Å². The van der Waals surface area contributed by atoms with Gasteiger partial charge in [0.15, 0.2) is 0 Å². The van der Waals surface area contributed by atoms with Gasteiger partial charge in [0, 0.05) is 38.8 Å². The fourth-order valence-corrected chi connectivity index (χ4v) is 3.58. The molecule has 0 spiro atoms. The fraction of sp³-hybridized carbons (Fsp3) is 0.647. The Morgan fingerprint density at radius 2 is 1.92 bits per heavy atom. The van der Waals surface area contributed by atoms with Crippen molar-refractivity contribution in [3.05, 3.63) is 34.9 Å². The molecule has 2 aliphatic heterocycles. The largest absolute Gasteiger partial charge is 0.416 e. The Morgan fingerprint density at radius 1 is 1.17 bits per heavy atom. The molecule has 1 fully saturated rings. The summed E-state index contributed by atoms with van der Waals surface area (Å²) in [6, 6.07) is 3.92. The first-order valence-corrected chi connectivity index (χ1v) is 8.43. The van der Waals surface area contributed by atoms with Gasteiger partial charge in [-0.15, -0.1) is 0 Å². The van der Waals surface area contributed by atoms with E-state index >= 15 is 0 Å². The zero-order valence-corrected chi connectivity index (χ0v) is 13.7. The fourth-order valence-electron chi connectivity index (χ4n) is 3.58. The molecule has 7 heteroatoms. The maximum atomic E-state index is 12.9. The summed E-state index contributed by atoms with van der Waals surface area (Å²) in [6.45, 7) is 6.31. The minimum absolute atomic E-state index is 0.119. The molecule has 0 amide bonds. The summed E-state index contributed by atoms with van der Waals surface area (Å²) in [4.78, 5) is 4.57. The Hall–Kier alpha value is -1.15. The quantitative estimate of drug-likeness (QED) is 0.890. The van der Waals surface area contributed by atoms with Gasteiger partial charge in [-0.3, -0.25) is 9.80 Å². The van der Waals surface area contributed by atoms with Gasteiger partial charge in [-0.2, -0.15) is 13.2 Å². The monoisotopic (exact) mass is 343 g/mol. The molecular weight excluding hydrogens is 319 g/mol. The standard InChI is InChI=1S/C17H24F3N3O/c18-17(19,20)14-3-2-13-12-23(16(11-21)15(13)10-14)5-1-4-22-6-8-24-9-7-22/h2-3,10,16H,1,4-9,11-12,21H2. The van der Waals surface area contributed by atoms with E-state index in [0.717, 1.165) is 56.9 Å². The molecule has 1 atom stereocenters. The maximum Gasteiger partial charge on any atom is 0.416 e. The highest BCUT2D eigenvalue weighted by molar-refractivity contribution is 5.39. The molecule has 0 aromatic heterocycles. The van der Waals surface area contributed by atoms with Crippen LogP contribution in [0, 0.1) is 0 Å². The van der Waals surface area contributed by atoms with Gasteiger partial charge < -0.3 is 10.5 Å². The highest BCUT2D eigenvalue weighted by atomic mass is 19.4. The van der Waals surface area contributed by atoms with Gasteiger partial charge >= 0.3 is 6.18 Å². The van der Waals surface area contributed by atoms with Gasteiger partial charge in [-0.25, -0.2) is 0 Å². The zero-order valence-electron chi connectivity index (χ0n) is 13.7. The van der Waals surface area contributed by atoms with Crippen molar-refractivity contribution in [3.8, 4) is 0 Å². The maximum absolute atomic E-state index is 12.9. The van der Waals surface area contributed by atoms with E-state index in [0.29, 0.717) is 13.1 Å². The van der Waals surface area contributed by atoms with Gasteiger partial charge in [-0.05, 0) is 36.2 Å². The van der Waals surface area contributed by atoms with Crippen molar-refractivity contribution in [1.82, 2.24) is 9.80 Å². The molecule has 2 aliphatic rings. The summed E-state index contributed by atoms with van der Waals surface area (Å²) in [6.07, 6.45) is -3.32. The van der Waals surface area contributed by atoms with Crippen molar-refractivity contribution in [2.45, 2.75) is 25.2 Å². The van der Waals surface area contributed by atoms with E-state index in [2.05, 4.69) is 9.80 Å². The second-order valence-corrected chi connectivity index (χ2v) is 6.44. The second kappa shape index (κ2) is 7.39. The van der Waals surface area contributed by atoms with Gasteiger partial charge in [0.1, 0.15) is 0 Å². The topological polar surface area (TPSA) is 41.7 Å². The van der Waals surface area contributed by atoms with Crippen molar-refractivity contribution in [2.24, 2.45) is 5.73 Å². The summed E-state index contributed by atoms with van der Waals surface area (Å²) in [5, 5.41) is 0. The van der Waals surface area contributed by atoms with E-state index in [4.69, 9.17) is 10.5 Å². The van der Waals surface area contributed by atoms with E-state index in [9.17, 15) is 13.2 Å². The van der Waals surface area contributed by atoms with Crippen LogP contribution in [0.4, 0.5) is 13.2 Å². The molecule has 4 nitrogen and oxygen atoms in total. The average molecular weight is 343 g/mol. The molecule has 0 saturated carbocycles. The molecule has 2 N–H and O–H groups in total. The molecule has 3 rings (SSSR count). The highest BCUT2D eigenvalue weighted by Crippen LogP contribution is 2.37. The third kappa shape index (κ3) is 3.91. The van der Waals surface area contributed by atoms with Crippen LogP contribution in [0.25, 0.3) is 0 Å². The number of halogens is 3. The number of hydrogen-bond donors (Lipinski definition) is 1. The number of hydrogen-bond acceptors (Lipinski definition) is 4. The Labute approximate surface area is 140 Å². The molecule has 0 radical (unpaired) electrons. The number of benzene rings is 1. The van der Waals surface area contributed by atoms with E-state index in [1.807, 2.05) is 0 Å². The Morgan fingerprint density at radius 3 is 2.58 bits per heavy atom. The lowest BCUT2D eigenvalue weighted by Crippen LogP contribution is -2.38. The van der Waals surface area contributed by atoms with E-state index < -0.39 is 11.7 Å². The summed E-state index contributed by atoms with van der Waals surface area (Å²) in [5.41, 5.74) is 6.97. The first-order valence-electron chi connectivity index (χ1n) is 8.43. The second-order valence-electron chi connectivity index (χ2n) is 6.44. The molecule has 2 heterocycles. The number of fused-ring (bicyclic) bond motifs is 1. The highest BCUT2D eigenvalue weighted by Gasteiger charge is 2.35. The first kappa shape index (κ1) is 17.7. The van der Waals surface area contributed by atoms with Crippen molar-refractivity contribution in [3.63, 3.8) is 0 Å². The first-order chi connectivity index (χ1) is 11.5. The summed E-state index contributed by atoms with van der Waals surface area (Å²) in [5.74, 6) is 0. The van der Waals surface area contributed by atoms with Crippen LogP contribution in [0.5, 0.6) is 0 Å². The van der Waals surface area contributed by atoms with Gasteiger partial charge in [0.25, 0.3) is 0 Å². The Bertz CT molecular complexity index is 559. The molecule has 1 aromatic rings. The van der Waals surface area contributed by atoms with E-state index in [1.54, 1.807) is 6.07 Å². The third-order valence-electron chi connectivity index (χ3n) is 4.89. The van der Waals surface area contributed by atoms with Crippen molar-refractivity contribution < 1.29 is 17.9 Å². The summed E-state index contributed by atoms with van der Waals surface area (Å²) in [7, 11) is 0.